The third-order valence-electron chi connectivity index (χ3n) is 4.03. The van der Waals surface area contributed by atoms with Crippen LogP contribution in [0.3, 0.4) is 0 Å². The third-order valence-corrected chi connectivity index (χ3v) is 4.03. The minimum Gasteiger partial charge on any atom is -0.375 e. The molecule has 0 saturated carbocycles. The maximum Gasteiger partial charge on any atom is 0.0752 e. The van der Waals surface area contributed by atoms with E-state index in [1.54, 1.807) is 0 Å². The number of nitrogens with zero attached hydrogens (tertiary/aromatic N) is 1. The van der Waals surface area contributed by atoms with Crippen molar-refractivity contribution in [2.45, 2.75) is 38.8 Å². The maximum atomic E-state index is 5.84. The van der Waals surface area contributed by atoms with Crippen LogP contribution in [0.15, 0.2) is 30.3 Å². The topological polar surface area (TPSA) is 24.5 Å². The molecule has 1 saturated heterocycles. The van der Waals surface area contributed by atoms with Crippen LogP contribution in [0.2, 0.25) is 0 Å². The molecule has 1 N–H and O–H groups in total. The summed E-state index contributed by atoms with van der Waals surface area (Å²) in [6.07, 6.45) is 0. The Morgan fingerprint density at radius 1 is 1.30 bits per heavy atom. The van der Waals surface area contributed by atoms with Crippen molar-refractivity contribution in [3.05, 3.63) is 35.9 Å². The molecular formula is C17H28N2O. The molecule has 0 aliphatic carbocycles. The van der Waals surface area contributed by atoms with E-state index in [0.29, 0.717) is 0 Å². The Morgan fingerprint density at radius 2 is 2.00 bits per heavy atom. The van der Waals surface area contributed by atoms with Gasteiger partial charge in [-0.3, -0.25) is 4.90 Å². The number of ether oxygens (including phenoxy) is 1. The zero-order valence-electron chi connectivity index (χ0n) is 13.3. The van der Waals surface area contributed by atoms with E-state index in [1.807, 2.05) is 0 Å². The van der Waals surface area contributed by atoms with Gasteiger partial charge in [-0.05, 0) is 33.3 Å². The van der Waals surface area contributed by atoms with E-state index in [1.165, 1.54) is 5.56 Å². The first-order valence-corrected chi connectivity index (χ1v) is 7.62. The van der Waals surface area contributed by atoms with E-state index < -0.39 is 0 Å². The van der Waals surface area contributed by atoms with Crippen molar-refractivity contribution in [1.29, 1.82) is 0 Å². The quantitative estimate of drug-likeness (QED) is 0.895. The zero-order chi connectivity index (χ0) is 14.6. The summed E-state index contributed by atoms with van der Waals surface area (Å²) in [5.74, 6) is 0. The predicted molar refractivity (Wildman–Crippen MR) is 83.9 cm³/mol. The van der Waals surface area contributed by atoms with E-state index in [9.17, 15) is 0 Å². The molecule has 1 fully saturated rings. The Morgan fingerprint density at radius 3 is 2.65 bits per heavy atom. The molecule has 0 aromatic heterocycles. The smallest absolute Gasteiger partial charge is 0.0752 e. The van der Waals surface area contributed by atoms with Gasteiger partial charge in [0.15, 0.2) is 0 Å². The Balaban J connectivity index is 2.05. The lowest BCUT2D eigenvalue weighted by atomic mass is 9.89. The summed E-state index contributed by atoms with van der Waals surface area (Å²) in [7, 11) is 0. The number of hydrogen-bond acceptors (Lipinski definition) is 3. The van der Waals surface area contributed by atoms with Crippen LogP contribution in [0, 0.1) is 0 Å². The largest absolute Gasteiger partial charge is 0.375 e. The van der Waals surface area contributed by atoms with Crippen LogP contribution < -0.4 is 5.32 Å². The van der Waals surface area contributed by atoms with Crippen LogP contribution in [0.4, 0.5) is 0 Å². The number of hydrogen-bond donors (Lipinski definition) is 1. The summed E-state index contributed by atoms with van der Waals surface area (Å²) >= 11 is 0. The molecule has 0 radical (unpaired) electrons. The van der Waals surface area contributed by atoms with Gasteiger partial charge in [0.1, 0.15) is 0 Å². The highest BCUT2D eigenvalue weighted by molar-refractivity contribution is 5.24. The monoisotopic (exact) mass is 276 g/mol. The van der Waals surface area contributed by atoms with E-state index >= 15 is 0 Å². The number of rotatable bonds is 5. The molecule has 0 spiro atoms. The van der Waals surface area contributed by atoms with Crippen LogP contribution in [0.5, 0.6) is 0 Å². The molecular weight excluding hydrogens is 248 g/mol. The number of benzene rings is 1. The van der Waals surface area contributed by atoms with Gasteiger partial charge >= 0.3 is 0 Å². The summed E-state index contributed by atoms with van der Waals surface area (Å²) in [5, 5.41) is 3.68. The fraction of sp³-hybridized carbons (Fsp3) is 0.647. The summed E-state index contributed by atoms with van der Waals surface area (Å²) in [6, 6.07) is 10.7. The van der Waals surface area contributed by atoms with Crippen molar-refractivity contribution in [2.75, 3.05) is 32.8 Å². The van der Waals surface area contributed by atoms with Crippen LogP contribution >= 0.6 is 0 Å². The van der Waals surface area contributed by atoms with Crippen molar-refractivity contribution in [1.82, 2.24) is 10.2 Å². The molecule has 20 heavy (non-hydrogen) atoms. The van der Waals surface area contributed by atoms with Gasteiger partial charge in [-0.15, -0.1) is 0 Å². The van der Waals surface area contributed by atoms with Crippen LogP contribution in [0.25, 0.3) is 0 Å². The molecule has 1 unspecified atom stereocenters. The first-order valence-electron chi connectivity index (χ1n) is 7.62. The van der Waals surface area contributed by atoms with E-state index in [2.05, 4.69) is 68.2 Å². The van der Waals surface area contributed by atoms with Crippen LogP contribution in [-0.2, 0) is 10.3 Å². The van der Waals surface area contributed by atoms with Gasteiger partial charge in [0, 0.05) is 32.8 Å². The molecule has 1 atom stereocenters. The number of nitrogens with one attached hydrogen (secondary N) is 1. The highest BCUT2D eigenvalue weighted by Crippen LogP contribution is 2.25. The summed E-state index contributed by atoms with van der Waals surface area (Å²) in [5.41, 5.74) is 1.31. The maximum absolute atomic E-state index is 5.84. The van der Waals surface area contributed by atoms with E-state index in [0.717, 1.165) is 32.8 Å². The Labute approximate surface area is 123 Å². The van der Waals surface area contributed by atoms with Crippen LogP contribution in [-0.4, -0.2) is 43.3 Å². The molecule has 1 aromatic rings. The minimum atomic E-state index is -0.0797. The first-order chi connectivity index (χ1) is 9.45. The molecule has 0 bridgehead atoms. The van der Waals surface area contributed by atoms with E-state index in [4.69, 9.17) is 4.74 Å². The summed E-state index contributed by atoms with van der Waals surface area (Å²) in [4.78, 5) is 2.51. The van der Waals surface area contributed by atoms with Gasteiger partial charge < -0.3 is 10.1 Å². The molecule has 1 aliphatic heterocycles. The van der Waals surface area contributed by atoms with Crippen molar-refractivity contribution in [3.63, 3.8) is 0 Å². The zero-order valence-corrected chi connectivity index (χ0v) is 13.3. The highest BCUT2D eigenvalue weighted by atomic mass is 16.5. The van der Waals surface area contributed by atoms with E-state index in [-0.39, 0.29) is 11.1 Å². The predicted octanol–water partition coefficient (Wildman–Crippen LogP) is 2.62. The fourth-order valence-corrected chi connectivity index (χ4v) is 3.18. The molecule has 0 amide bonds. The Bertz CT molecular complexity index is 418. The SMILES string of the molecule is CCOC(C)(C)CN1CCNC(C)(c2ccccc2)C1. The number of piperazine rings is 1. The second-order valence-corrected chi connectivity index (χ2v) is 6.53. The molecule has 3 heteroatoms. The average molecular weight is 276 g/mol. The molecule has 1 aliphatic rings. The molecule has 1 aromatic carbocycles. The minimum absolute atomic E-state index is 0.0296. The Kier molecular flexibility index (Phi) is 4.84. The molecule has 2 rings (SSSR count). The second-order valence-electron chi connectivity index (χ2n) is 6.53. The second kappa shape index (κ2) is 6.25. The Hall–Kier alpha value is -0.900. The lowest BCUT2D eigenvalue weighted by Gasteiger charge is -2.44. The fourth-order valence-electron chi connectivity index (χ4n) is 3.18. The van der Waals surface area contributed by atoms with Gasteiger partial charge in [0.05, 0.1) is 11.1 Å². The van der Waals surface area contributed by atoms with Gasteiger partial charge in [-0.25, -0.2) is 0 Å². The summed E-state index contributed by atoms with van der Waals surface area (Å²) < 4.78 is 5.84. The normalized spacial score (nSPS) is 24.8. The van der Waals surface area contributed by atoms with Gasteiger partial charge in [0.25, 0.3) is 0 Å². The van der Waals surface area contributed by atoms with Crippen molar-refractivity contribution in [3.8, 4) is 0 Å². The van der Waals surface area contributed by atoms with Crippen LogP contribution in [0.1, 0.15) is 33.3 Å². The molecule has 1 heterocycles. The third kappa shape index (κ3) is 3.81. The van der Waals surface area contributed by atoms with Crippen molar-refractivity contribution in [2.24, 2.45) is 0 Å². The summed E-state index contributed by atoms with van der Waals surface area (Å²) in [6.45, 7) is 13.6. The molecule has 3 nitrogen and oxygen atoms in total. The lowest BCUT2D eigenvalue weighted by molar-refractivity contribution is -0.0429. The highest BCUT2D eigenvalue weighted by Gasteiger charge is 2.34. The van der Waals surface area contributed by atoms with Crippen molar-refractivity contribution >= 4 is 0 Å². The van der Waals surface area contributed by atoms with Gasteiger partial charge in [0.2, 0.25) is 0 Å². The van der Waals surface area contributed by atoms with Gasteiger partial charge in [-0.1, -0.05) is 30.3 Å². The van der Waals surface area contributed by atoms with Gasteiger partial charge in [-0.2, -0.15) is 0 Å². The average Bonchev–Trinajstić information content (AvgIpc) is 2.39. The standard InChI is InChI=1S/C17H28N2O/c1-5-20-16(2,3)13-19-12-11-18-17(4,14-19)15-9-7-6-8-10-15/h6-10,18H,5,11-14H2,1-4H3. The lowest BCUT2D eigenvalue weighted by Crippen LogP contribution is -2.58. The molecule has 112 valence electrons. The first kappa shape index (κ1) is 15.5. The van der Waals surface area contributed by atoms with Crippen molar-refractivity contribution < 1.29 is 4.74 Å².